The van der Waals surface area contributed by atoms with E-state index in [9.17, 15) is 8.94 Å². The van der Waals surface area contributed by atoms with Crippen LogP contribution in [0.25, 0.3) is 0 Å². The maximum Gasteiger partial charge on any atom is 0.166 e. The van der Waals surface area contributed by atoms with Crippen LogP contribution in [-0.2, 0) is 11.4 Å². The van der Waals surface area contributed by atoms with Crippen molar-refractivity contribution in [2.24, 2.45) is 0 Å². The molecule has 2 atom stereocenters. The molecule has 0 saturated heterocycles. The van der Waals surface area contributed by atoms with Gasteiger partial charge in [-0.1, -0.05) is 24.3 Å². The van der Waals surface area contributed by atoms with Crippen molar-refractivity contribution in [3.63, 3.8) is 0 Å². The zero-order valence-corrected chi connectivity index (χ0v) is 14.6. The Morgan fingerprint density at radius 3 is 2.35 bits per heavy atom. The van der Waals surface area contributed by atoms with Crippen LogP contribution in [0.2, 0.25) is 0 Å². The molecule has 0 aliphatic heterocycles. The quantitative estimate of drug-likeness (QED) is 0.803. The summed E-state index contributed by atoms with van der Waals surface area (Å²) in [5, 5.41) is 0. The van der Waals surface area contributed by atoms with Gasteiger partial charge in [-0.3, -0.25) is 0 Å². The standard InChI is InChI=1S/C18H22FNO2S/c1-13(20-23(21)18(2,3)4)14-10-11-17(16(19)12-14)22-15-8-6-5-7-9-15/h5-13,20H,1-4H3/t13-,23?/m0/s1. The lowest BCUT2D eigenvalue weighted by molar-refractivity contribution is 0.441. The van der Waals surface area contributed by atoms with E-state index in [4.69, 9.17) is 4.74 Å². The van der Waals surface area contributed by atoms with Gasteiger partial charge in [-0.05, 0) is 57.5 Å². The van der Waals surface area contributed by atoms with E-state index in [1.54, 1.807) is 24.3 Å². The Labute approximate surface area is 140 Å². The second kappa shape index (κ2) is 7.34. The van der Waals surface area contributed by atoms with Crippen molar-refractivity contribution in [3.05, 3.63) is 59.9 Å². The first-order valence-electron chi connectivity index (χ1n) is 7.48. The Morgan fingerprint density at radius 2 is 1.78 bits per heavy atom. The van der Waals surface area contributed by atoms with Crippen LogP contribution in [0.1, 0.15) is 39.3 Å². The van der Waals surface area contributed by atoms with Crippen molar-refractivity contribution in [2.45, 2.75) is 38.5 Å². The van der Waals surface area contributed by atoms with Gasteiger partial charge in [0, 0.05) is 11.4 Å². The summed E-state index contributed by atoms with van der Waals surface area (Å²) in [6, 6.07) is 13.6. The smallest absolute Gasteiger partial charge is 0.166 e. The number of benzene rings is 2. The number of rotatable bonds is 5. The van der Waals surface area contributed by atoms with E-state index in [1.165, 1.54) is 6.07 Å². The molecule has 0 saturated carbocycles. The van der Waals surface area contributed by atoms with E-state index < -0.39 is 17.2 Å². The third kappa shape index (κ3) is 4.96. The van der Waals surface area contributed by atoms with E-state index in [0.29, 0.717) is 5.75 Å². The van der Waals surface area contributed by atoms with Crippen molar-refractivity contribution >= 4 is 11.4 Å². The predicted molar refractivity (Wildman–Crippen MR) is 92.4 cm³/mol. The molecule has 1 N–H and O–H groups in total. The first-order chi connectivity index (χ1) is 10.8. The lowest BCUT2D eigenvalue weighted by Crippen LogP contribution is -2.40. The first kappa shape index (κ1) is 17.8. The minimum absolute atomic E-state index is 0.170. The van der Waals surface area contributed by atoms with Gasteiger partial charge in [-0.15, -0.1) is 4.72 Å². The summed E-state index contributed by atoms with van der Waals surface area (Å²) in [6.45, 7) is 7.52. The molecule has 0 amide bonds. The average Bonchev–Trinajstić information content (AvgIpc) is 2.49. The second-order valence-electron chi connectivity index (χ2n) is 6.33. The highest BCUT2D eigenvalue weighted by atomic mass is 32.2. The minimum atomic E-state index is -1.22. The molecule has 5 heteroatoms. The zero-order valence-electron chi connectivity index (χ0n) is 13.8. The van der Waals surface area contributed by atoms with Crippen LogP contribution in [0.15, 0.2) is 48.5 Å². The Balaban J connectivity index is 2.09. The molecule has 2 aromatic carbocycles. The molecule has 3 nitrogen and oxygen atoms in total. The van der Waals surface area contributed by atoms with Gasteiger partial charge in [0.15, 0.2) is 11.6 Å². The van der Waals surface area contributed by atoms with Crippen molar-refractivity contribution in [2.75, 3.05) is 0 Å². The van der Waals surface area contributed by atoms with E-state index in [2.05, 4.69) is 4.72 Å². The summed E-state index contributed by atoms with van der Waals surface area (Å²) >= 11 is -1.22. The van der Waals surface area contributed by atoms with Crippen LogP contribution < -0.4 is 9.46 Å². The molecule has 0 aliphatic carbocycles. The summed E-state index contributed by atoms with van der Waals surface area (Å²) in [5.41, 5.74) is 0.723. The predicted octanol–water partition coefficient (Wildman–Crippen LogP) is 4.73. The van der Waals surface area contributed by atoms with Gasteiger partial charge in [0.25, 0.3) is 0 Å². The summed E-state index contributed by atoms with van der Waals surface area (Å²) in [7, 11) is 0. The maximum absolute atomic E-state index is 14.2. The van der Waals surface area contributed by atoms with Crippen LogP contribution in [0.3, 0.4) is 0 Å². The molecular weight excluding hydrogens is 313 g/mol. The molecule has 23 heavy (non-hydrogen) atoms. The molecule has 2 aromatic rings. The van der Waals surface area contributed by atoms with Crippen molar-refractivity contribution < 1.29 is 13.7 Å². The lowest BCUT2D eigenvalue weighted by Gasteiger charge is -2.26. The SMILES string of the molecule is C[C@H](N[S+]([O-])C(C)(C)C)c1ccc(Oc2ccccc2)c(F)c1. The molecule has 0 heterocycles. The molecule has 2 rings (SSSR count). The van der Waals surface area contributed by atoms with E-state index >= 15 is 0 Å². The van der Waals surface area contributed by atoms with Crippen molar-refractivity contribution in [1.82, 2.24) is 4.72 Å². The lowest BCUT2D eigenvalue weighted by atomic mass is 10.1. The van der Waals surface area contributed by atoms with E-state index in [-0.39, 0.29) is 16.5 Å². The van der Waals surface area contributed by atoms with Gasteiger partial charge in [0.05, 0.1) is 6.04 Å². The summed E-state index contributed by atoms with van der Waals surface area (Å²) in [5.74, 6) is 0.310. The van der Waals surface area contributed by atoms with Crippen molar-refractivity contribution in [3.8, 4) is 11.5 Å². The Bertz CT molecular complexity index is 643. The van der Waals surface area contributed by atoms with Crippen LogP contribution >= 0.6 is 0 Å². The summed E-state index contributed by atoms with van der Waals surface area (Å²) in [6.07, 6.45) is 0. The highest BCUT2D eigenvalue weighted by Gasteiger charge is 2.28. The number of nitrogens with one attached hydrogen (secondary N) is 1. The molecule has 0 radical (unpaired) electrons. The van der Waals surface area contributed by atoms with Gasteiger partial charge in [0.1, 0.15) is 10.5 Å². The van der Waals surface area contributed by atoms with Crippen molar-refractivity contribution in [1.29, 1.82) is 0 Å². The number of halogens is 1. The molecule has 0 fully saturated rings. The van der Waals surface area contributed by atoms with Gasteiger partial charge in [0.2, 0.25) is 0 Å². The molecule has 1 unspecified atom stereocenters. The average molecular weight is 335 g/mol. The number of hydrogen-bond donors (Lipinski definition) is 1. The van der Waals surface area contributed by atoms with Crippen LogP contribution in [0.5, 0.6) is 11.5 Å². The molecule has 124 valence electrons. The molecule has 0 aromatic heterocycles. The highest BCUT2D eigenvalue weighted by molar-refractivity contribution is 7.90. The Morgan fingerprint density at radius 1 is 1.13 bits per heavy atom. The zero-order chi connectivity index (χ0) is 17.0. The topological polar surface area (TPSA) is 44.3 Å². The fourth-order valence-electron chi connectivity index (χ4n) is 1.89. The van der Waals surface area contributed by atoms with Crippen LogP contribution in [0.4, 0.5) is 4.39 Å². The fraction of sp³-hybridized carbons (Fsp3) is 0.333. The Hall–Kier alpha value is -1.56. The van der Waals surface area contributed by atoms with Gasteiger partial charge in [-0.2, -0.15) is 0 Å². The number of ether oxygens (including phenoxy) is 1. The summed E-state index contributed by atoms with van der Waals surface area (Å²) < 4.78 is 34.5. The normalized spacial score (nSPS) is 14.3. The highest BCUT2D eigenvalue weighted by Crippen LogP contribution is 2.27. The number of para-hydroxylation sites is 1. The minimum Gasteiger partial charge on any atom is -0.598 e. The van der Waals surface area contributed by atoms with E-state index in [0.717, 1.165) is 5.56 Å². The largest absolute Gasteiger partial charge is 0.598 e. The van der Waals surface area contributed by atoms with Gasteiger partial charge >= 0.3 is 0 Å². The first-order valence-corrected chi connectivity index (χ1v) is 8.63. The summed E-state index contributed by atoms with van der Waals surface area (Å²) in [4.78, 5) is 0. The molecule has 0 aliphatic rings. The fourth-order valence-corrected chi connectivity index (χ4v) is 2.70. The third-order valence-electron chi connectivity index (χ3n) is 3.27. The van der Waals surface area contributed by atoms with Gasteiger partial charge in [-0.25, -0.2) is 4.39 Å². The second-order valence-corrected chi connectivity index (χ2v) is 8.32. The van der Waals surface area contributed by atoms with E-state index in [1.807, 2.05) is 45.9 Å². The number of hydrogen-bond acceptors (Lipinski definition) is 3. The molecular formula is C18H22FNO2S. The molecule has 0 bridgehead atoms. The van der Waals surface area contributed by atoms with Crippen LogP contribution in [-0.4, -0.2) is 9.30 Å². The monoisotopic (exact) mass is 335 g/mol. The van der Waals surface area contributed by atoms with Gasteiger partial charge < -0.3 is 9.29 Å². The van der Waals surface area contributed by atoms with Crippen LogP contribution in [0, 0.1) is 5.82 Å². The maximum atomic E-state index is 14.2. The molecule has 0 spiro atoms. The Kier molecular flexibility index (Phi) is 5.68. The third-order valence-corrected chi connectivity index (χ3v) is 4.95.